The van der Waals surface area contributed by atoms with Crippen LogP contribution in [0.5, 0.6) is 0 Å². The van der Waals surface area contributed by atoms with Gasteiger partial charge in [-0.2, -0.15) is 5.10 Å². The van der Waals surface area contributed by atoms with E-state index in [4.69, 9.17) is 0 Å². The molecule has 7 nitrogen and oxygen atoms in total. The lowest BCUT2D eigenvalue weighted by Crippen LogP contribution is -2.13. The monoisotopic (exact) mass is 394 g/mol. The molecule has 0 fully saturated rings. The Bertz CT molecular complexity index is 1180. The molecule has 0 aliphatic carbocycles. The molecule has 1 atom stereocenters. The summed E-state index contributed by atoms with van der Waals surface area (Å²) in [4.78, 5) is 20.9. The number of hydrogen-bond acceptors (Lipinski definition) is 5. The summed E-state index contributed by atoms with van der Waals surface area (Å²) in [6.07, 6.45) is 6.17. The minimum Gasteiger partial charge on any atom is -0.363 e. The summed E-state index contributed by atoms with van der Waals surface area (Å²) < 4.78 is 28.9. The first-order valence-corrected chi connectivity index (χ1v) is 8.78. The van der Waals surface area contributed by atoms with Crippen molar-refractivity contribution in [2.45, 2.75) is 13.0 Å². The maximum absolute atomic E-state index is 14.0. The number of benzene rings is 1. The lowest BCUT2D eigenvalue weighted by atomic mass is 10.1. The van der Waals surface area contributed by atoms with Crippen molar-refractivity contribution >= 4 is 23.1 Å². The highest BCUT2D eigenvalue weighted by molar-refractivity contribution is 6.08. The third kappa shape index (κ3) is 3.88. The molecule has 0 saturated carbocycles. The molecule has 29 heavy (non-hydrogen) atoms. The quantitative estimate of drug-likeness (QED) is 0.538. The molecule has 1 amide bonds. The van der Waals surface area contributed by atoms with Crippen LogP contribution in [0.3, 0.4) is 0 Å². The van der Waals surface area contributed by atoms with Crippen LogP contribution < -0.4 is 10.6 Å². The van der Waals surface area contributed by atoms with Crippen molar-refractivity contribution in [2.75, 3.05) is 10.6 Å². The lowest BCUT2D eigenvalue weighted by molar-refractivity contribution is 0.102. The van der Waals surface area contributed by atoms with Crippen molar-refractivity contribution in [3.8, 4) is 0 Å². The third-order valence-electron chi connectivity index (χ3n) is 4.32. The Balaban J connectivity index is 1.59. The van der Waals surface area contributed by atoms with E-state index in [1.54, 1.807) is 37.5 Å². The highest BCUT2D eigenvalue weighted by Crippen LogP contribution is 2.22. The molecule has 0 spiro atoms. The van der Waals surface area contributed by atoms with Crippen molar-refractivity contribution in [3.63, 3.8) is 0 Å². The number of pyridine rings is 1. The Labute approximate surface area is 164 Å². The molecule has 0 aliphatic rings. The van der Waals surface area contributed by atoms with E-state index < -0.39 is 17.7 Å². The van der Waals surface area contributed by atoms with Crippen LogP contribution >= 0.6 is 0 Å². The maximum Gasteiger partial charge on any atom is 0.261 e. The molecule has 9 heteroatoms. The second-order valence-electron chi connectivity index (χ2n) is 6.37. The second kappa shape index (κ2) is 7.63. The molecule has 3 heterocycles. The number of halogens is 2. The molecule has 1 unspecified atom stereocenters. The molecule has 2 N–H and O–H groups in total. The van der Waals surface area contributed by atoms with Crippen molar-refractivity contribution < 1.29 is 13.6 Å². The molecule has 0 aliphatic heterocycles. The van der Waals surface area contributed by atoms with E-state index in [0.717, 1.165) is 18.2 Å². The average molecular weight is 394 g/mol. The standard InChI is InChI=1S/C20H16F2N6O/c1-12(15-9-13(21)4-5-17(15)22)25-18-6-8-28-19(27-18)16(11-24-28)20(29)26-14-3-2-7-23-10-14/h2-12H,1H3,(H,25,27)(H,26,29). The molecular formula is C20H16F2N6O. The van der Waals surface area contributed by atoms with E-state index in [9.17, 15) is 13.6 Å². The van der Waals surface area contributed by atoms with Crippen LogP contribution in [-0.2, 0) is 0 Å². The average Bonchev–Trinajstić information content (AvgIpc) is 3.14. The Hall–Kier alpha value is -3.88. The fourth-order valence-electron chi connectivity index (χ4n) is 2.89. The van der Waals surface area contributed by atoms with Crippen molar-refractivity contribution in [2.24, 2.45) is 0 Å². The fraction of sp³-hybridized carbons (Fsp3) is 0.100. The first-order valence-electron chi connectivity index (χ1n) is 8.78. The van der Waals surface area contributed by atoms with E-state index >= 15 is 0 Å². The van der Waals surface area contributed by atoms with Gasteiger partial charge in [0.05, 0.1) is 24.1 Å². The zero-order chi connectivity index (χ0) is 20.4. The number of anilines is 2. The maximum atomic E-state index is 14.0. The molecule has 0 saturated heterocycles. The van der Waals surface area contributed by atoms with Gasteiger partial charge in [-0.3, -0.25) is 9.78 Å². The minimum absolute atomic E-state index is 0.176. The number of fused-ring (bicyclic) bond motifs is 1. The summed E-state index contributed by atoms with van der Waals surface area (Å²) in [6.45, 7) is 1.69. The number of hydrogen-bond donors (Lipinski definition) is 2. The SMILES string of the molecule is CC(Nc1ccn2ncc(C(=O)Nc3cccnc3)c2n1)c1cc(F)ccc1F. The summed E-state index contributed by atoms with van der Waals surface area (Å²) >= 11 is 0. The summed E-state index contributed by atoms with van der Waals surface area (Å²) in [7, 11) is 0. The largest absolute Gasteiger partial charge is 0.363 e. The number of carbonyl (C=O) groups excluding carboxylic acids is 1. The van der Waals surface area contributed by atoms with Gasteiger partial charge in [0, 0.05) is 18.0 Å². The summed E-state index contributed by atoms with van der Waals surface area (Å²) in [5.74, 6) is -1.04. The van der Waals surface area contributed by atoms with E-state index in [-0.39, 0.29) is 17.0 Å². The normalized spacial score (nSPS) is 12.0. The lowest BCUT2D eigenvalue weighted by Gasteiger charge is -2.16. The molecule has 4 rings (SSSR count). The van der Waals surface area contributed by atoms with E-state index in [1.165, 1.54) is 16.9 Å². The number of carbonyl (C=O) groups is 1. The van der Waals surface area contributed by atoms with Crippen LogP contribution in [-0.4, -0.2) is 25.5 Å². The van der Waals surface area contributed by atoms with Gasteiger partial charge in [0.1, 0.15) is 23.0 Å². The van der Waals surface area contributed by atoms with E-state index in [0.29, 0.717) is 17.2 Å². The Morgan fingerprint density at radius 3 is 2.83 bits per heavy atom. The van der Waals surface area contributed by atoms with Crippen molar-refractivity contribution in [1.29, 1.82) is 0 Å². The number of amides is 1. The van der Waals surface area contributed by atoms with Gasteiger partial charge in [0.15, 0.2) is 5.65 Å². The van der Waals surface area contributed by atoms with E-state index in [2.05, 4.69) is 25.7 Å². The van der Waals surface area contributed by atoms with Crippen LogP contribution in [0.15, 0.2) is 61.2 Å². The summed E-state index contributed by atoms with van der Waals surface area (Å²) in [6, 6.07) is 7.79. The Morgan fingerprint density at radius 2 is 2.03 bits per heavy atom. The Kier molecular flexibility index (Phi) is 4.86. The van der Waals surface area contributed by atoms with Crippen LogP contribution in [0.1, 0.15) is 28.9 Å². The highest BCUT2D eigenvalue weighted by atomic mass is 19.1. The number of nitrogens with one attached hydrogen (secondary N) is 2. The van der Waals surface area contributed by atoms with Gasteiger partial charge in [0.25, 0.3) is 5.91 Å². The summed E-state index contributed by atoms with van der Waals surface area (Å²) in [5, 5.41) is 9.88. The van der Waals surface area contributed by atoms with Crippen LogP contribution in [0, 0.1) is 11.6 Å². The van der Waals surface area contributed by atoms with Crippen molar-refractivity contribution in [1.82, 2.24) is 19.6 Å². The van der Waals surface area contributed by atoms with Crippen LogP contribution in [0.4, 0.5) is 20.3 Å². The predicted octanol–water partition coefficient (Wildman–Crippen LogP) is 3.83. The van der Waals surface area contributed by atoms with Gasteiger partial charge in [-0.25, -0.2) is 18.3 Å². The highest BCUT2D eigenvalue weighted by Gasteiger charge is 2.17. The molecule has 0 bridgehead atoms. The van der Waals surface area contributed by atoms with Gasteiger partial charge < -0.3 is 10.6 Å². The minimum atomic E-state index is -0.545. The number of nitrogens with zero attached hydrogens (tertiary/aromatic N) is 4. The van der Waals surface area contributed by atoms with E-state index in [1.807, 2.05) is 0 Å². The number of rotatable bonds is 5. The summed E-state index contributed by atoms with van der Waals surface area (Å²) in [5.41, 5.74) is 1.31. The smallest absolute Gasteiger partial charge is 0.261 e. The van der Waals surface area contributed by atoms with Crippen molar-refractivity contribution in [3.05, 3.63) is 83.9 Å². The fourth-order valence-corrected chi connectivity index (χ4v) is 2.89. The van der Waals surface area contributed by atoms with Gasteiger partial charge in [-0.1, -0.05) is 0 Å². The van der Waals surface area contributed by atoms with Crippen LogP contribution in [0.25, 0.3) is 5.65 Å². The molecule has 0 radical (unpaired) electrons. The molecule has 1 aromatic carbocycles. The zero-order valence-electron chi connectivity index (χ0n) is 15.3. The second-order valence-corrected chi connectivity index (χ2v) is 6.37. The molecule has 146 valence electrons. The Morgan fingerprint density at radius 1 is 1.17 bits per heavy atom. The third-order valence-corrected chi connectivity index (χ3v) is 4.32. The molecule has 4 aromatic rings. The number of aromatic nitrogens is 4. The van der Waals surface area contributed by atoms with Gasteiger partial charge in [-0.15, -0.1) is 0 Å². The first-order chi connectivity index (χ1) is 14.0. The predicted molar refractivity (Wildman–Crippen MR) is 104 cm³/mol. The van der Waals surface area contributed by atoms with Gasteiger partial charge in [-0.05, 0) is 43.3 Å². The van der Waals surface area contributed by atoms with Gasteiger partial charge >= 0.3 is 0 Å². The first kappa shape index (κ1) is 18.5. The molecule has 3 aromatic heterocycles. The van der Waals surface area contributed by atoms with Crippen LogP contribution in [0.2, 0.25) is 0 Å². The topological polar surface area (TPSA) is 84.2 Å². The molecular weight excluding hydrogens is 378 g/mol. The zero-order valence-corrected chi connectivity index (χ0v) is 15.3. The van der Waals surface area contributed by atoms with Gasteiger partial charge in [0.2, 0.25) is 0 Å².